The molecule has 24 heavy (non-hydrogen) atoms. The minimum absolute atomic E-state index is 0.137. The van der Waals surface area contributed by atoms with Crippen molar-refractivity contribution in [2.75, 3.05) is 23.7 Å². The molecule has 0 radical (unpaired) electrons. The maximum Gasteiger partial charge on any atom is 0.330 e. The molecule has 10 heteroatoms. The Hall–Kier alpha value is -2.26. The molecule has 1 N–H and O–H groups in total. The summed E-state index contributed by atoms with van der Waals surface area (Å²) in [4.78, 5) is 25.0. The average molecular weight is 373 g/mol. The minimum Gasteiger partial charge on any atom is -0.378 e. The molecule has 0 saturated carbocycles. The fraction of sp³-hybridized carbons (Fsp3) is 0.286. The Labute approximate surface area is 144 Å². The molecule has 0 saturated heterocycles. The maximum absolute atomic E-state index is 12.5. The van der Waals surface area contributed by atoms with Crippen LogP contribution in [0, 0.1) is 0 Å². The van der Waals surface area contributed by atoms with Crippen LogP contribution in [0.3, 0.4) is 0 Å². The number of nitrogens with one attached hydrogen (secondary N) is 1. The fourth-order valence-corrected chi connectivity index (χ4v) is 3.54. The van der Waals surface area contributed by atoms with Crippen LogP contribution in [-0.4, -0.2) is 31.6 Å². The van der Waals surface area contributed by atoms with Crippen LogP contribution in [0.5, 0.6) is 0 Å². The third kappa shape index (κ3) is 3.31. The summed E-state index contributed by atoms with van der Waals surface area (Å²) in [5, 5.41) is 0.186. The van der Waals surface area contributed by atoms with Gasteiger partial charge in [-0.2, -0.15) is 0 Å². The number of benzene rings is 1. The topological polar surface area (TPSA) is 93.4 Å². The first-order chi connectivity index (χ1) is 11.0. The van der Waals surface area contributed by atoms with Crippen LogP contribution in [0.2, 0.25) is 5.02 Å². The van der Waals surface area contributed by atoms with E-state index in [4.69, 9.17) is 11.6 Å². The zero-order chi connectivity index (χ0) is 18.2. The summed E-state index contributed by atoms with van der Waals surface area (Å²) >= 11 is 6.10. The summed E-state index contributed by atoms with van der Waals surface area (Å²) in [5.41, 5.74) is -0.599. The van der Waals surface area contributed by atoms with Gasteiger partial charge in [-0.25, -0.2) is 13.2 Å². The van der Waals surface area contributed by atoms with Gasteiger partial charge in [0.05, 0.1) is 10.7 Å². The lowest BCUT2D eigenvalue weighted by Crippen LogP contribution is -2.40. The summed E-state index contributed by atoms with van der Waals surface area (Å²) in [6.45, 7) is 0. The molecule has 8 nitrogen and oxygen atoms in total. The summed E-state index contributed by atoms with van der Waals surface area (Å²) < 4.78 is 29.0. The summed E-state index contributed by atoms with van der Waals surface area (Å²) in [7, 11) is 2.02. The maximum atomic E-state index is 12.5. The average Bonchev–Trinajstić information content (AvgIpc) is 2.50. The van der Waals surface area contributed by atoms with Gasteiger partial charge in [0.2, 0.25) is 0 Å². The van der Waals surface area contributed by atoms with Crippen molar-refractivity contribution in [1.29, 1.82) is 0 Å². The molecule has 1 aromatic heterocycles. The van der Waals surface area contributed by atoms with Crippen molar-refractivity contribution in [2.45, 2.75) is 4.90 Å². The Balaban J connectivity index is 2.51. The van der Waals surface area contributed by atoms with Gasteiger partial charge in [0.15, 0.2) is 4.90 Å². The third-order valence-corrected chi connectivity index (χ3v) is 5.08. The summed E-state index contributed by atoms with van der Waals surface area (Å²) in [6.07, 6.45) is 0.981. The SMILES string of the molecule is CN(C)c1ccc(NS(=O)(=O)c2cn(C)c(=O)n(C)c2=O)c(Cl)c1. The Morgan fingerprint density at radius 3 is 2.33 bits per heavy atom. The quantitative estimate of drug-likeness (QED) is 0.848. The van der Waals surface area contributed by atoms with Crippen LogP contribution in [0.1, 0.15) is 0 Å². The van der Waals surface area contributed by atoms with Gasteiger partial charge in [-0.1, -0.05) is 11.6 Å². The first kappa shape index (κ1) is 18.1. The minimum atomic E-state index is -4.20. The van der Waals surface area contributed by atoms with Gasteiger partial charge in [0, 0.05) is 40.1 Å². The lowest BCUT2D eigenvalue weighted by Gasteiger charge is -2.15. The molecule has 0 aliphatic carbocycles. The molecular formula is C14H17ClN4O4S. The number of hydrogen-bond donors (Lipinski definition) is 1. The zero-order valence-electron chi connectivity index (χ0n) is 13.6. The van der Waals surface area contributed by atoms with Gasteiger partial charge < -0.3 is 9.47 Å². The predicted molar refractivity (Wildman–Crippen MR) is 93.5 cm³/mol. The number of nitrogens with zero attached hydrogens (tertiary/aromatic N) is 3. The monoisotopic (exact) mass is 372 g/mol. The predicted octanol–water partition coefficient (Wildman–Crippen LogP) is 0.604. The van der Waals surface area contributed by atoms with Crippen LogP contribution >= 0.6 is 11.6 Å². The molecule has 2 aromatic rings. The number of anilines is 2. The summed E-state index contributed by atoms with van der Waals surface area (Å²) in [5.74, 6) is 0. The lowest BCUT2D eigenvalue weighted by atomic mass is 10.3. The number of halogens is 1. The molecule has 0 bridgehead atoms. The number of sulfonamides is 1. The van der Waals surface area contributed by atoms with Crippen molar-refractivity contribution < 1.29 is 8.42 Å². The molecule has 0 fully saturated rings. The normalized spacial score (nSPS) is 11.4. The molecule has 0 atom stereocenters. The van der Waals surface area contributed by atoms with Gasteiger partial charge >= 0.3 is 5.69 Å². The molecule has 0 amide bonds. The number of hydrogen-bond acceptors (Lipinski definition) is 5. The second kappa shape index (κ2) is 6.33. The van der Waals surface area contributed by atoms with E-state index in [9.17, 15) is 18.0 Å². The Morgan fingerprint density at radius 1 is 1.17 bits per heavy atom. The molecule has 0 unspecified atom stereocenters. The van der Waals surface area contributed by atoms with E-state index in [-0.39, 0.29) is 10.7 Å². The van der Waals surface area contributed by atoms with Crippen molar-refractivity contribution in [2.24, 2.45) is 14.1 Å². The second-order valence-electron chi connectivity index (χ2n) is 5.42. The van der Waals surface area contributed by atoms with Crippen molar-refractivity contribution >= 4 is 33.0 Å². The van der Waals surface area contributed by atoms with E-state index in [1.165, 1.54) is 20.2 Å². The first-order valence-corrected chi connectivity index (χ1v) is 8.67. The van der Waals surface area contributed by atoms with Crippen LogP contribution in [-0.2, 0) is 24.1 Å². The van der Waals surface area contributed by atoms with Gasteiger partial charge in [-0.15, -0.1) is 0 Å². The number of rotatable bonds is 4. The van der Waals surface area contributed by atoms with Gasteiger partial charge in [-0.05, 0) is 18.2 Å². The highest BCUT2D eigenvalue weighted by atomic mass is 35.5. The van der Waals surface area contributed by atoms with E-state index in [0.29, 0.717) is 0 Å². The van der Waals surface area contributed by atoms with E-state index < -0.39 is 26.2 Å². The zero-order valence-corrected chi connectivity index (χ0v) is 15.1. The lowest BCUT2D eigenvalue weighted by molar-refractivity contribution is 0.589. The summed E-state index contributed by atoms with van der Waals surface area (Å²) in [6, 6.07) is 4.78. The van der Waals surface area contributed by atoms with E-state index in [0.717, 1.165) is 21.0 Å². The van der Waals surface area contributed by atoms with E-state index >= 15 is 0 Å². The molecule has 2 rings (SSSR count). The highest BCUT2D eigenvalue weighted by Gasteiger charge is 2.22. The highest BCUT2D eigenvalue weighted by Crippen LogP contribution is 2.28. The molecule has 0 aliphatic heterocycles. The fourth-order valence-electron chi connectivity index (χ4n) is 2.02. The highest BCUT2D eigenvalue weighted by molar-refractivity contribution is 7.92. The largest absolute Gasteiger partial charge is 0.378 e. The molecule has 0 aliphatic rings. The first-order valence-electron chi connectivity index (χ1n) is 6.81. The van der Waals surface area contributed by atoms with Gasteiger partial charge in [-0.3, -0.25) is 14.1 Å². The Bertz CT molecular complexity index is 1010. The van der Waals surface area contributed by atoms with E-state index in [1.807, 2.05) is 19.0 Å². The van der Waals surface area contributed by atoms with Crippen LogP contribution in [0.15, 0.2) is 38.9 Å². The smallest absolute Gasteiger partial charge is 0.330 e. The van der Waals surface area contributed by atoms with E-state index in [1.54, 1.807) is 12.1 Å². The van der Waals surface area contributed by atoms with Crippen LogP contribution in [0.25, 0.3) is 0 Å². The van der Waals surface area contributed by atoms with Crippen molar-refractivity contribution in [1.82, 2.24) is 9.13 Å². The number of aromatic nitrogens is 2. The molecule has 1 heterocycles. The second-order valence-corrected chi connectivity index (χ2v) is 7.47. The van der Waals surface area contributed by atoms with Crippen LogP contribution < -0.4 is 20.9 Å². The van der Waals surface area contributed by atoms with Gasteiger partial charge in [0.25, 0.3) is 15.6 Å². The molecule has 0 spiro atoms. The van der Waals surface area contributed by atoms with E-state index in [2.05, 4.69) is 4.72 Å². The Morgan fingerprint density at radius 2 is 1.79 bits per heavy atom. The van der Waals surface area contributed by atoms with Crippen LogP contribution in [0.4, 0.5) is 11.4 Å². The van der Waals surface area contributed by atoms with Crippen molar-refractivity contribution in [3.8, 4) is 0 Å². The third-order valence-electron chi connectivity index (χ3n) is 3.42. The van der Waals surface area contributed by atoms with Crippen molar-refractivity contribution in [3.05, 3.63) is 50.3 Å². The molecule has 1 aromatic carbocycles. The Kier molecular flexibility index (Phi) is 4.77. The van der Waals surface area contributed by atoms with Crippen molar-refractivity contribution in [3.63, 3.8) is 0 Å². The number of aryl methyl sites for hydroxylation is 1. The standard InChI is InChI=1S/C14H17ClN4O4S/c1-17(2)9-5-6-11(10(15)7-9)16-24(22,23)12-8-18(3)14(21)19(4)13(12)20/h5-8,16H,1-4H3. The molecule has 130 valence electrons. The van der Waals surface area contributed by atoms with Gasteiger partial charge in [0.1, 0.15) is 0 Å². The molecular weight excluding hydrogens is 356 g/mol.